The summed E-state index contributed by atoms with van der Waals surface area (Å²) in [6, 6.07) is 11.6. The van der Waals surface area contributed by atoms with Crippen LogP contribution in [0.1, 0.15) is 51.2 Å². The average molecular weight is 571 g/mol. The van der Waals surface area contributed by atoms with Gasteiger partial charge in [0, 0.05) is 36.1 Å². The van der Waals surface area contributed by atoms with Crippen molar-refractivity contribution in [3.05, 3.63) is 63.6 Å². The molecule has 1 unspecified atom stereocenters. The molecule has 0 aliphatic heterocycles. The van der Waals surface area contributed by atoms with Crippen molar-refractivity contribution in [3.8, 4) is 0 Å². The number of benzene rings is 2. The van der Waals surface area contributed by atoms with E-state index >= 15 is 0 Å². The summed E-state index contributed by atoms with van der Waals surface area (Å²) in [6.45, 7) is 8.52. The Kier molecular flexibility index (Phi) is 11.7. The second kappa shape index (κ2) is 14.0. The molecule has 0 bridgehead atoms. The Morgan fingerprint density at radius 1 is 1.08 bits per heavy atom. The van der Waals surface area contributed by atoms with Crippen molar-refractivity contribution >= 4 is 50.7 Å². The van der Waals surface area contributed by atoms with Gasteiger partial charge in [-0.15, -0.1) is 0 Å². The zero-order chi connectivity index (χ0) is 27.8. The van der Waals surface area contributed by atoms with Crippen molar-refractivity contribution in [2.24, 2.45) is 5.92 Å². The van der Waals surface area contributed by atoms with Gasteiger partial charge in [-0.3, -0.25) is 13.9 Å². The number of hydrogen-bond acceptors (Lipinski definition) is 4. The highest BCUT2D eigenvalue weighted by atomic mass is 35.5. The molecule has 0 heterocycles. The molecule has 204 valence electrons. The zero-order valence-corrected chi connectivity index (χ0v) is 24.5. The molecule has 0 saturated carbocycles. The quantitative estimate of drug-likeness (QED) is 0.348. The number of anilines is 1. The highest BCUT2D eigenvalue weighted by molar-refractivity contribution is 7.92. The maximum Gasteiger partial charge on any atom is 0.242 e. The lowest BCUT2D eigenvalue weighted by molar-refractivity contribution is -0.141. The van der Waals surface area contributed by atoms with E-state index in [2.05, 4.69) is 5.32 Å². The van der Waals surface area contributed by atoms with Crippen LogP contribution in [0.25, 0.3) is 0 Å². The van der Waals surface area contributed by atoms with Crippen LogP contribution in [0.3, 0.4) is 0 Å². The number of amides is 2. The molecule has 10 heteroatoms. The van der Waals surface area contributed by atoms with Crippen molar-refractivity contribution in [2.75, 3.05) is 23.7 Å². The van der Waals surface area contributed by atoms with Gasteiger partial charge in [-0.2, -0.15) is 0 Å². The van der Waals surface area contributed by atoms with E-state index in [4.69, 9.17) is 23.2 Å². The average Bonchev–Trinajstić information content (AvgIpc) is 2.80. The highest BCUT2D eigenvalue weighted by Gasteiger charge is 2.29. The summed E-state index contributed by atoms with van der Waals surface area (Å²) in [5.74, 6) is -0.220. The van der Waals surface area contributed by atoms with Crippen LogP contribution in [0.5, 0.6) is 0 Å². The third-order valence-electron chi connectivity index (χ3n) is 5.87. The Labute approximate surface area is 231 Å². The Morgan fingerprint density at radius 3 is 2.35 bits per heavy atom. The van der Waals surface area contributed by atoms with Gasteiger partial charge in [-0.05, 0) is 61.1 Å². The van der Waals surface area contributed by atoms with E-state index < -0.39 is 16.1 Å². The van der Waals surface area contributed by atoms with Gasteiger partial charge in [0.2, 0.25) is 21.8 Å². The lowest BCUT2D eigenvalue weighted by Gasteiger charge is -2.31. The van der Waals surface area contributed by atoms with Crippen molar-refractivity contribution in [1.82, 2.24) is 10.2 Å². The second-order valence-electron chi connectivity index (χ2n) is 9.60. The van der Waals surface area contributed by atoms with Gasteiger partial charge < -0.3 is 10.2 Å². The topological polar surface area (TPSA) is 86.8 Å². The number of carbonyl (C=O) groups excluding carboxylic acids is 2. The Balaban J connectivity index is 2.25. The monoisotopic (exact) mass is 569 g/mol. The van der Waals surface area contributed by atoms with E-state index in [1.54, 1.807) is 36.4 Å². The summed E-state index contributed by atoms with van der Waals surface area (Å²) in [7, 11) is -3.55. The first kappa shape index (κ1) is 30.9. The van der Waals surface area contributed by atoms with E-state index in [9.17, 15) is 18.0 Å². The molecule has 0 aliphatic rings. The van der Waals surface area contributed by atoms with Crippen LogP contribution in [0.15, 0.2) is 42.5 Å². The second-order valence-corrected chi connectivity index (χ2v) is 12.3. The molecular formula is C27H37Cl2N3O4S. The predicted octanol–water partition coefficient (Wildman–Crippen LogP) is 5.43. The lowest BCUT2D eigenvalue weighted by Crippen LogP contribution is -2.49. The van der Waals surface area contributed by atoms with E-state index in [1.165, 1.54) is 9.21 Å². The van der Waals surface area contributed by atoms with Gasteiger partial charge in [0.05, 0.1) is 11.9 Å². The molecule has 7 nitrogen and oxygen atoms in total. The van der Waals surface area contributed by atoms with Crippen LogP contribution in [-0.4, -0.2) is 50.5 Å². The molecule has 0 spiro atoms. The minimum Gasteiger partial charge on any atom is -0.354 e. The normalized spacial score (nSPS) is 12.3. The summed E-state index contributed by atoms with van der Waals surface area (Å²) < 4.78 is 26.3. The lowest BCUT2D eigenvalue weighted by atomic mass is 10.1. The standard InChI is InChI=1S/C27H37Cl2N3O4S/c1-6-25(27(34)30-17-19(2)3)31(18-21-12-13-22(28)16-24(21)29)26(33)11-8-14-32(37(5,35)36)23-10-7-9-20(4)15-23/h7,9-10,12-13,15-16,19,25H,6,8,11,14,17-18H2,1-5H3,(H,30,34). The molecule has 37 heavy (non-hydrogen) atoms. The van der Waals surface area contributed by atoms with Crippen molar-refractivity contribution < 1.29 is 18.0 Å². The molecule has 0 fully saturated rings. The van der Waals surface area contributed by atoms with Gasteiger partial charge in [-0.1, -0.05) is 62.2 Å². The van der Waals surface area contributed by atoms with Crippen molar-refractivity contribution in [3.63, 3.8) is 0 Å². The predicted molar refractivity (Wildman–Crippen MR) is 152 cm³/mol. The Bertz CT molecular complexity index is 1190. The van der Waals surface area contributed by atoms with E-state index in [-0.39, 0.29) is 43.7 Å². The van der Waals surface area contributed by atoms with Gasteiger partial charge in [0.15, 0.2) is 0 Å². The van der Waals surface area contributed by atoms with Gasteiger partial charge in [-0.25, -0.2) is 8.42 Å². The molecule has 0 aromatic heterocycles. The fourth-order valence-corrected chi connectivity index (χ4v) is 5.39. The smallest absolute Gasteiger partial charge is 0.242 e. The molecule has 1 atom stereocenters. The molecule has 2 aromatic carbocycles. The van der Waals surface area contributed by atoms with Gasteiger partial charge in [0.25, 0.3) is 0 Å². The van der Waals surface area contributed by atoms with E-state index in [0.29, 0.717) is 34.3 Å². The first-order valence-corrected chi connectivity index (χ1v) is 15.0. The molecule has 0 saturated heterocycles. The van der Waals surface area contributed by atoms with Crippen LogP contribution in [0.4, 0.5) is 5.69 Å². The summed E-state index contributed by atoms with van der Waals surface area (Å²) in [5, 5.41) is 3.81. The fraction of sp³-hybridized carbons (Fsp3) is 0.481. The largest absolute Gasteiger partial charge is 0.354 e. The first-order valence-electron chi connectivity index (χ1n) is 12.4. The van der Waals surface area contributed by atoms with Gasteiger partial charge >= 0.3 is 0 Å². The molecule has 1 N–H and O–H groups in total. The molecular weight excluding hydrogens is 533 g/mol. The van der Waals surface area contributed by atoms with Crippen molar-refractivity contribution in [1.29, 1.82) is 0 Å². The van der Waals surface area contributed by atoms with Crippen LogP contribution in [-0.2, 0) is 26.2 Å². The van der Waals surface area contributed by atoms with E-state index in [1.807, 2.05) is 33.8 Å². The number of halogens is 2. The molecule has 2 rings (SSSR count). The maximum absolute atomic E-state index is 13.5. The highest BCUT2D eigenvalue weighted by Crippen LogP contribution is 2.25. The first-order chi connectivity index (χ1) is 17.3. The number of aryl methyl sites for hydroxylation is 1. The van der Waals surface area contributed by atoms with Crippen LogP contribution in [0.2, 0.25) is 10.0 Å². The minimum atomic E-state index is -3.55. The third kappa shape index (κ3) is 9.51. The Hall–Kier alpha value is -2.29. The summed E-state index contributed by atoms with van der Waals surface area (Å²) in [4.78, 5) is 28.1. The number of sulfonamides is 1. The number of hydrogen-bond donors (Lipinski definition) is 1. The van der Waals surface area contributed by atoms with Gasteiger partial charge in [0.1, 0.15) is 6.04 Å². The Morgan fingerprint density at radius 2 is 1.78 bits per heavy atom. The number of nitrogens with zero attached hydrogens (tertiary/aromatic N) is 2. The van der Waals surface area contributed by atoms with Crippen LogP contribution >= 0.6 is 23.2 Å². The number of nitrogens with one attached hydrogen (secondary N) is 1. The molecule has 0 radical (unpaired) electrons. The SMILES string of the molecule is CCC(C(=O)NCC(C)C)N(Cc1ccc(Cl)cc1Cl)C(=O)CCCN(c1cccc(C)c1)S(C)(=O)=O. The third-order valence-corrected chi connectivity index (χ3v) is 7.65. The summed E-state index contributed by atoms with van der Waals surface area (Å²) in [5.41, 5.74) is 2.16. The maximum atomic E-state index is 13.5. The van der Waals surface area contributed by atoms with E-state index in [0.717, 1.165) is 11.8 Å². The minimum absolute atomic E-state index is 0.0665. The molecule has 2 aromatic rings. The molecule has 0 aliphatic carbocycles. The molecule has 2 amide bonds. The summed E-state index contributed by atoms with van der Waals surface area (Å²) in [6.07, 6.45) is 1.92. The van der Waals surface area contributed by atoms with Crippen LogP contribution in [0, 0.1) is 12.8 Å². The fourth-order valence-electron chi connectivity index (χ4n) is 3.96. The number of rotatable bonds is 13. The number of carbonyl (C=O) groups is 2. The van der Waals surface area contributed by atoms with Crippen molar-refractivity contribution in [2.45, 2.75) is 59.5 Å². The van der Waals surface area contributed by atoms with Crippen LogP contribution < -0.4 is 9.62 Å². The summed E-state index contributed by atoms with van der Waals surface area (Å²) >= 11 is 12.4. The zero-order valence-electron chi connectivity index (χ0n) is 22.1.